The molecule has 27 heavy (non-hydrogen) atoms. The minimum Gasteiger partial charge on any atom is -0.493 e. The zero-order valence-corrected chi connectivity index (χ0v) is 16.6. The van der Waals surface area contributed by atoms with Crippen molar-refractivity contribution >= 4 is 23.4 Å². The average molecular weight is 384 g/mol. The number of fused-ring (bicyclic) bond motifs is 1. The van der Waals surface area contributed by atoms with Gasteiger partial charge in [-0.25, -0.2) is 0 Å². The summed E-state index contributed by atoms with van der Waals surface area (Å²) in [7, 11) is 1.60. The summed E-state index contributed by atoms with van der Waals surface area (Å²) in [5.41, 5.74) is 2.06. The predicted molar refractivity (Wildman–Crippen MR) is 111 cm³/mol. The molecule has 1 aliphatic rings. The molecule has 1 amide bonds. The lowest BCUT2D eigenvalue weighted by atomic mass is 10.1. The van der Waals surface area contributed by atoms with E-state index in [1.807, 2.05) is 59.1 Å². The van der Waals surface area contributed by atoms with E-state index in [1.54, 1.807) is 7.11 Å². The summed E-state index contributed by atoms with van der Waals surface area (Å²) in [6.07, 6.45) is 3.55. The number of nitrogens with zero attached hydrogens (tertiary/aromatic N) is 1. The van der Waals surface area contributed by atoms with Crippen LogP contribution in [0.3, 0.4) is 0 Å². The van der Waals surface area contributed by atoms with Gasteiger partial charge in [-0.1, -0.05) is 31.2 Å². The van der Waals surface area contributed by atoms with Crippen LogP contribution in [0.4, 0.5) is 5.69 Å². The number of para-hydroxylation sites is 1. The number of hydrogen-bond acceptors (Lipinski definition) is 4. The summed E-state index contributed by atoms with van der Waals surface area (Å²) in [4.78, 5) is 15.9. The van der Waals surface area contributed by atoms with Gasteiger partial charge in [-0.3, -0.25) is 4.79 Å². The number of rotatable bonds is 6. The fourth-order valence-corrected chi connectivity index (χ4v) is 4.20. The highest BCUT2D eigenvalue weighted by Gasteiger charge is 2.24. The topological polar surface area (TPSA) is 38.8 Å². The van der Waals surface area contributed by atoms with E-state index in [-0.39, 0.29) is 12.5 Å². The first-order chi connectivity index (χ1) is 13.1. The summed E-state index contributed by atoms with van der Waals surface area (Å²) in [6.45, 7) is 6.62. The van der Waals surface area contributed by atoms with Crippen molar-refractivity contribution in [1.29, 1.82) is 0 Å². The molecule has 1 heterocycles. The molecule has 0 saturated carbocycles. The smallest absolute Gasteiger partial charge is 0.264 e. The second-order valence-electron chi connectivity index (χ2n) is 6.50. The van der Waals surface area contributed by atoms with Crippen LogP contribution in [0.15, 0.2) is 60.0 Å². The normalized spacial score (nSPS) is 16.2. The number of anilines is 1. The highest BCUT2D eigenvalue weighted by molar-refractivity contribution is 8.00. The minimum atomic E-state index is -0.0469. The van der Waals surface area contributed by atoms with E-state index in [2.05, 4.69) is 19.6 Å². The number of benzene rings is 2. The highest BCUT2D eigenvalue weighted by Crippen LogP contribution is 2.37. The van der Waals surface area contributed by atoms with Crippen molar-refractivity contribution in [2.75, 3.05) is 25.2 Å². The molecule has 0 saturated heterocycles. The van der Waals surface area contributed by atoms with Crippen molar-refractivity contribution in [1.82, 2.24) is 0 Å². The molecule has 142 valence electrons. The molecule has 0 spiro atoms. The SMILES string of the molecule is C=CCc1ccc(OCC(=O)N2CCC(C)Sc3ccccc32)c(OC)c1. The Bertz CT molecular complexity index is 821. The van der Waals surface area contributed by atoms with Crippen LogP contribution >= 0.6 is 11.8 Å². The number of carbonyl (C=O) groups excluding carboxylic acids is 1. The van der Waals surface area contributed by atoms with E-state index in [0.29, 0.717) is 23.3 Å². The molecular weight excluding hydrogens is 358 g/mol. The summed E-state index contributed by atoms with van der Waals surface area (Å²) in [5.74, 6) is 1.15. The number of methoxy groups -OCH3 is 1. The van der Waals surface area contributed by atoms with Crippen molar-refractivity contribution in [2.45, 2.75) is 29.9 Å². The van der Waals surface area contributed by atoms with Gasteiger partial charge in [0.25, 0.3) is 5.91 Å². The van der Waals surface area contributed by atoms with Crippen LogP contribution in [0.5, 0.6) is 11.5 Å². The molecule has 0 radical (unpaired) electrons. The maximum absolute atomic E-state index is 12.9. The molecule has 2 aromatic carbocycles. The molecule has 1 unspecified atom stereocenters. The first-order valence-corrected chi connectivity index (χ1v) is 9.97. The van der Waals surface area contributed by atoms with Gasteiger partial charge >= 0.3 is 0 Å². The number of amides is 1. The van der Waals surface area contributed by atoms with Gasteiger partial charge < -0.3 is 14.4 Å². The van der Waals surface area contributed by atoms with Crippen LogP contribution in [0.1, 0.15) is 18.9 Å². The summed E-state index contributed by atoms with van der Waals surface area (Å²) in [6, 6.07) is 13.8. The van der Waals surface area contributed by atoms with Gasteiger partial charge in [0.1, 0.15) is 0 Å². The van der Waals surface area contributed by atoms with E-state index >= 15 is 0 Å². The van der Waals surface area contributed by atoms with Crippen LogP contribution in [0, 0.1) is 0 Å². The Morgan fingerprint density at radius 2 is 2.11 bits per heavy atom. The van der Waals surface area contributed by atoms with Gasteiger partial charge in [-0.2, -0.15) is 0 Å². The molecule has 0 bridgehead atoms. The summed E-state index contributed by atoms with van der Waals surface area (Å²) in [5, 5.41) is 0.474. The first-order valence-electron chi connectivity index (χ1n) is 9.09. The lowest BCUT2D eigenvalue weighted by Gasteiger charge is -2.23. The summed E-state index contributed by atoms with van der Waals surface area (Å²) < 4.78 is 11.2. The van der Waals surface area contributed by atoms with Crippen molar-refractivity contribution < 1.29 is 14.3 Å². The van der Waals surface area contributed by atoms with E-state index < -0.39 is 0 Å². The Kier molecular flexibility index (Phi) is 6.45. The predicted octanol–water partition coefficient (Wildman–Crippen LogP) is 4.72. The number of hydrogen-bond donors (Lipinski definition) is 0. The Balaban J connectivity index is 1.73. The Morgan fingerprint density at radius 1 is 1.30 bits per heavy atom. The Hall–Kier alpha value is -2.40. The average Bonchev–Trinajstić information content (AvgIpc) is 2.85. The minimum absolute atomic E-state index is 0.0233. The molecule has 0 N–H and O–H groups in total. The lowest BCUT2D eigenvalue weighted by molar-refractivity contribution is -0.120. The first kappa shape index (κ1) is 19.4. The van der Waals surface area contributed by atoms with Crippen LogP contribution in [0.25, 0.3) is 0 Å². The zero-order chi connectivity index (χ0) is 19.2. The second-order valence-corrected chi connectivity index (χ2v) is 7.98. The number of carbonyl (C=O) groups is 1. The Morgan fingerprint density at radius 3 is 2.89 bits per heavy atom. The van der Waals surface area contributed by atoms with E-state index in [0.717, 1.165) is 29.0 Å². The molecule has 3 rings (SSSR count). The Labute approximate surface area is 165 Å². The number of ether oxygens (including phenoxy) is 2. The maximum Gasteiger partial charge on any atom is 0.264 e. The molecule has 5 heteroatoms. The third-order valence-corrected chi connectivity index (χ3v) is 5.74. The second kappa shape index (κ2) is 9.00. The van der Waals surface area contributed by atoms with Gasteiger partial charge in [-0.05, 0) is 42.7 Å². The van der Waals surface area contributed by atoms with E-state index in [1.165, 1.54) is 0 Å². The van der Waals surface area contributed by atoms with Crippen LogP contribution < -0.4 is 14.4 Å². The standard InChI is InChI=1S/C22H25NO3S/c1-4-7-17-10-11-19(20(14-17)25-3)26-15-22(24)23-13-12-16(2)27-21-9-6-5-8-18(21)23/h4-6,8-11,14,16H,1,7,12-13,15H2,2-3H3. The molecule has 0 aliphatic carbocycles. The third-order valence-electron chi connectivity index (χ3n) is 4.50. The fourth-order valence-electron chi connectivity index (χ4n) is 3.09. The van der Waals surface area contributed by atoms with Gasteiger partial charge in [0.2, 0.25) is 0 Å². The van der Waals surface area contributed by atoms with Gasteiger partial charge in [0.15, 0.2) is 18.1 Å². The zero-order valence-electron chi connectivity index (χ0n) is 15.8. The molecule has 4 nitrogen and oxygen atoms in total. The van der Waals surface area contributed by atoms with Crippen LogP contribution in [-0.4, -0.2) is 31.4 Å². The maximum atomic E-state index is 12.9. The van der Waals surface area contributed by atoms with Crippen molar-refractivity contribution in [3.63, 3.8) is 0 Å². The molecular formula is C22H25NO3S. The lowest BCUT2D eigenvalue weighted by Crippen LogP contribution is -2.36. The fraction of sp³-hybridized carbons (Fsp3) is 0.318. The highest BCUT2D eigenvalue weighted by atomic mass is 32.2. The molecule has 0 aromatic heterocycles. The van der Waals surface area contributed by atoms with Crippen LogP contribution in [-0.2, 0) is 11.2 Å². The van der Waals surface area contributed by atoms with Crippen molar-refractivity contribution in [2.24, 2.45) is 0 Å². The van der Waals surface area contributed by atoms with Gasteiger partial charge in [0.05, 0.1) is 12.8 Å². The summed E-state index contributed by atoms with van der Waals surface area (Å²) >= 11 is 1.82. The van der Waals surface area contributed by atoms with Gasteiger partial charge in [0, 0.05) is 16.7 Å². The molecule has 1 aliphatic heterocycles. The molecule has 1 atom stereocenters. The molecule has 2 aromatic rings. The molecule has 0 fully saturated rings. The van der Waals surface area contributed by atoms with Crippen molar-refractivity contribution in [3.8, 4) is 11.5 Å². The largest absolute Gasteiger partial charge is 0.493 e. The third kappa shape index (κ3) is 4.66. The van der Waals surface area contributed by atoms with E-state index in [9.17, 15) is 4.79 Å². The van der Waals surface area contributed by atoms with Crippen LogP contribution in [0.2, 0.25) is 0 Å². The van der Waals surface area contributed by atoms with Gasteiger partial charge in [-0.15, -0.1) is 18.3 Å². The quantitative estimate of drug-likeness (QED) is 0.677. The van der Waals surface area contributed by atoms with E-state index in [4.69, 9.17) is 9.47 Å². The number of thioether (sulfide) groups is 1. The monoisotopic (exact) mass is 383 g/mol. The number of allylic oxidation sites excluding steroid dienone is 1. The van der Waals surface area contributed by atoms with Crippen molar-refractivity contribution in [3.05, 3.63) is 60.7 Å².